The molecule has 3 rings (SSSR count). The second-order valence-corrected chi connectivity index (χ2v) is 6.39. The molecule has 1 heterocycles. The van der Waals surface area contributed by atoms with Gasteiger partial charge < -0.3 is 19.7 Å². The monoisotopic (exact) mass is 382 g/mol. The maximum atomic E-state index is 12.5. The van der Waals surface area contributed by atoms with Crippen molar-refractivity contribution in [3.8, 4) is 5.75 Å². The summed E-state index contributed by atoms with van der Waals surface area (Å²) in [5.74, 6) is -0.467. The van der Waals surface area contributed by atoms with Gasteiger partial charge in [-0.1, -0.05) is 0 Å². The molecular weight excluding hydrogens is 360 g/mol. The van der Waals surface area contributed by atoms with Crippen LogP contribution in [0.25, 0.3) is 0 Å². The van der Waals surface area contributed by atoms with Crippen molar-refractivity contribution in [3.05, 3.63) is 54.1 Å². The van der Waals surface area contributed by atoms with E-state index in [0.717, 1.165) is 11.4 Å². The number of ether oxygens (including phenoxy) is 2. The number of anilines is 2. The molecule has 1 atom stereocenters. The van der Waals surface area contributed by atoms with Gasteiger partial charge in [0.2, 0.25) is 11.8 Å². The van der Waals surface area contributed by atoms with Crippen LogP contribution in [0.2, 0.25) is 0 Å². The number of rotatable bonds is 6. The number of esters is 1. The molecule has 1 aliphatic heterocycles. The molecule has 1 aliphatic rings. The van der Waals surface area contributed by atoms with Crippen molar-refractivity contribution in [2.24, 2.45) is 5.92 Å². The van der Waals surface area contributed by atoms with E-state index in [1.54, 1.807) is 29.2 Å². The molecule has 1 saturated heterocycles. The summed E-state index contributed by atoms with van der Waals surface area (Å²) in [5.41, 5.74) is 1.70. The molecule has 0 aromatic heterocycles. The maximum absolute atomic E-state index is 12.5. The zero-order valence-corrected chi connectivity index (χ0v) is 15.8. The Hall–Kier alpha value is -3.35. The molecule has 1 unspecified atom stereocenters. The zero-order chi connectivity index (χ0) is 20.1. The number of carbonyl (C=O) groups is 3. The van der Waals surface area contributed by atoms with Crippen LogP contribution >= 0.6 is 0 Å². The molecule has 0 spiro atoms. The number of nitrogens with zero attached hydrogens (tertiary/aromatic N) is 1. The van der Waals surface area contributed by atoms with Crippen molar-refractivity contribution in [1.82, 2.24) is 0 Å². The summed E-state index contributed by atoms with van der Waals surface area (Å²) in [6, 6.07) is 13.7. The topological polar surface area (TPSA) is 84.9 Å². The number of hydrogen-bond donors (Lipinski definition) is 1. The SMILES string of the molecule is CCOc1ccc(N2CC(C(=O)Nc3ccc(C(=O)OC)cc3)CC2=O)cc1. The van der Waals surface area contributed by atoms with E-state index in [4.69, 9.17) is 4.74 Å². The Labute approximate surface area is 163 Å². The molecule has 28 heavy (non-hydrogen) atoms. The van der Waals surface area contributed by atoms with Gasteiger partial charge in [-0.2, -0.15) is 0 Å². The van der Waals surface area contributed by atoms with Crippen LogP contribution in [0.4, 0.5) is 11.4 Å². The highest BCUT2D eigenvalue weighted by atomic mass is 16.5. The lowest BCUT2D eigenvalue weighted by Gasteiger charge is -2.17. The van der Waals surface area contributed by atoms with Crippen LogP contribution in [0.3, 0.4) is 0 Å². The number of methoxy groups -OCH3 is 1. The summed E-state index contributed by atoms with van der Waals surface area (Å²) in [7, 11) is 1.31. The van der Waals surface area contributed by atoms with Gasteiger partial charge >= 0.3 is 5.97 Å². The third-order valence-corrected chi connectivity index (χ3v) is 4.53. The van der Waals surface area contributed by atoms with Crippen LogP contribution in [-0.2, 0) is 14.3 Å². The average molecular weight is 382 g/mol. The van der Waals surface area contributed by atoms with E-state index < -0.39 is 11.9 Å². The van der Waals surface area contributed by atoms with E-state index >= 15 is 0 Å². The minimum absolute atomic E-state index is 0.0923. The molecule has 2 aromatic rings. The fraction of sp³-hybridized carbons (Fsp3) is 0.286. The second kappa shape index (κ2) is 8.56. The lowest BCUT2D eigenvalue weighted by molar-refractivity contribution is -0.122. The van der Waals surface area contributed by atoms with Gasteiger partial charge in [0, 0.05) is 24.3 Å². The number of amides is 2. The van der Waals surface area contributed by atoms with E-state index in [9.17, 15) is 14.4 Å². The number of benzene rings is 2. The van der Waals surface area contributed by atoms with E-state index in [1.165, 1.54) is 7.11 Å². The Kier molecular flexibility index (Phi) is 5.93. The van der Waals surface area contributed by atoms with Gasteiger partial charge in [-0.05, 0) is 55.5 Å². The van der Waals surface area contributed by atoms with Crippen LogP contribution in [0.15, 0.2) is 48.5 Å². The van der Waals surface area contributed by atoms with Gasteiger partial charge in [-0.3, -0.25) is 9.59 Å². The highest BCUT2D eigenvalue weighted by Gasteiger charge is 2.35. The third kappa shape index (κ3) is 4.31. The van der Waals surface area contributed by atoms with Crippen molar-refractivity contribution < 1.29 is 23.9 Å². The molecule has 2 aromatic carbocycles. The van der Waals surface area contributed by atoms with Crippen molar-refractivity contribution in [3.63, 3.8) is 0 Å². The summed E-state index contributed by atoms with van der Waals surface area (Å²) >= 11 is 0. The Balaban J connectivity index is 1.62. The maximum Gasteiger partial charge on any atom is 0.337 e. The molecule has 0 aliphatic carbocycles. The molecule has 0 radical (unpaired) electrons. The highest BCUT2D eigenvalue weighted by molar-refractivity contribution is 6.03. The van der Waals surface area contributed by atoms with Crippen molar-refractivity contribution in [1.29, 1.82) is 0 Å². The fourth-order valence-corrected chi connectivity index (χ4v) is 3.07. The predicted octanol–water partition coefficient (Wildman–Crippen LogP) is 2.86. The molecule has 1 N–H and O–H groups in total. The van der Waals surface area contributed by atoms with Crippen LogP contribution in [-0.4, -0.2) is 38.0 Å². The standard InChI is InChI=1S/C21H22N2O5/c1-3-28-18-10-8-17(9-11-18)23-13-15(12-19(23)24)20(25)22-16-6-4-14(5-7-16)21(26)27-2/h4-11,15H,3,12-13H2,1-2H3,(H,22,25). The Morgan fingerprint density at radius 2 is 1.79 bits per heavy atom. The van der Waals surface area contributed by atoms with Crippen LogP contribution in [0.1, 0.15) is 23.7 Å². The van der Waals surface area contributed by atoms with Gasteiger partial charge in [0.15, 0.2) is 0 Å². The van der Waals surface area contributed by atoms with Gasteiger partial charge in [0.1, 0.15) is 5.75 Å². The lowest BCUT2D eigenvalue weighted by Crippen LogP contribution is -2.28. The number of hydrogen-bond acceptors (Lipinski definition) is 5. The van der Waals surface area contributed by atoms with Crippen molar-refractivity contribution in [2.75, 3.05) is 30.5 Å². The lowest BCUT2D eigenvalue weighted by atomic mass is 10.1. The summed E-state index contributed by atoms with van der Waals surface area (Å²) in [6.07, 6.45) is 0.152. The second-order valence-electron chi connectivity index (χ2n) is 6.39. The molecule has 7 heteroatoms. The molecule has 1 fully saturated rings. The average Bonchev–Trinajstić information content (AvgIpc) is 3.10. The predicted molar refractivity (Wildman–Crippen MR) is 104 cm³/mol. The smallest absolute Gasteiger partial charge is 0.337 e. The summed E-state index contributed by atoms with van der Waals surface area (Å²) in [4.78, 5) is 38.0. The quantitative estimate of drug-likeness (QED) is 0.777. The van der Waals surface area contributed by atoms with E-state index in [2.05, 4.69) is 10.1 Å². The van der Waals surface area contributed by atoms with E-state index in [-0.39, 0.29) is 18.2 Å². The van der Waals surface area contributed by atoms with Crippen LogP contribution < -0.4 is 15.0 Å². The molecular formula is C21H22N2O5. The number of nitrogens with one attached hydrogen (secondary N) is 1. The Morgan fingerprint density at radius 1 is 1.11 bits per heavy atom. The number of carbonyl (C=O) groups excluding carboxylic acids is 3. The van der Waals surface area contributed by atoms with Gasteiger partial charge in [-0.25, -0.2) is 4.79 Å². The first-order valence-corrected chi connectivity index (χ1v) is 9.04. The van der Waals surface area contributed by atoms with Crippen LogP contribution in [0, 0.1) is 5.92 Å². The molecule has 7 nitrogen and oxygen atoms in total. The molecule has 0 bridgehead atoms. The molecule has 2 amide bonds. The van der Waals surface area contributed by atoms with Gasteiger partial charge in [0.05, 0.1) is 25.2 Å². The Morgan fingerprint density at radius 3 is 2.39 bits per heavy atom. The van der Waals surface area contributed by atoms with Crippen LogP contribution in [0.5, 0.6) is 5.75 Å². The minimum Gasteiger partial charge on any atom is -0.494 e. The van der Waals surface area contributed by atoms with Crippen molar-refractivity contribution in [2.45, 2.75) is 13.3 Å². The van der Waals surface area contributed by atoms with E-state index in [1.807, 2.05) is 31.2 Å². The van der Waals surface area contributed by atoms with Gasteiger partial charge in [0.25, 0.3) is 0 Å². The minimum atomic E-state index is -0.445. The molecule has 146 valence electrons. The first-order chi connectivity index (χ1) is 13.5. The largest absolute Gasteiger partial charge is 0.494 e. The summed E-state index contributed by atoms with van der Waals surface area (Å²) in [6.45, 7) is 2.80. The van der Waals surface area contributed by atoms with Gasteiger partial charge in [-0.15, -0.1) is 0 Å². The first kappa shape index (κ1) is 19.4. The normalized spacial score (nSPS) is 16.0. The molecule has 0 saturated carbocycles. The first-order valence-electron chi connectivity index (χ1n) is 9.04. The zero-order valence-electron chi connectivity index (χ0n) is 15.8. The third-order valence-electron chi connectivity index (χ3n) is 4.53. The van der Waals surface area contributed by atoms with Crippen molar-refractivity contribution >= 4 is 29.2 Å². The van der Waals surface area contributed by atoms with E-state index in [0.29, 0.717) is 24.4 Å². The fourth-order valence-electron chi connectivity index (χ4n) is 3.07. The Bertz CT molecular complexity index is 861. The summed E-state index contributed by atoms with van der Waals surface area (Å²) in [5, 5.41) is 2.80. The summed E-state index contributed by atoms with van der Waals surface area (Å²) < 4.78 is 10.1. The highest BCUT2D eigenvalue weighted by Crippen LogP contribution is 2.27.